The summed E-state index contributed by atoms with van der Waals surface area (Å²) in [6.07, 6.45) is 0.706. The number of aliphatic hydroxyl groups is 1. The van der Waals surface area contributed by atoms with Gasteiger partial charge in [-0.1, -0.05) is 5.04 Å². The molecule has 4 heteroatoms. The molecule has 0 aromatic carbocycles. The van der Waals surface area contributed by atoms with Crippen LogP contribution in [0.15, 0.2) is 0 Å². The molecular weight excluding hydrogens is 112 g/mol. The van der Waals surface area contributed by atoms with Crippen LogP contribution < -0.4 is 0 Å². The smallest absolute Gasteiger partial charge is 0.122 e. The lowest BCUT2D eigenvalue weighted by molar-refractivity contribution is -0.517. The molecule has 0 saturated heterocycles. The Hall–Kier alpha value is -0.160. The molecule has 2 N–H and O–H groups in total. The third kappa shape index (κ3) is 0.976. The van der Waals surface area contributed by atoms with Crippen LogP contribution in [-0.2, 0) is 9.93 Å². The van der Waals surface area contributed by atoms with Crippen molar-refractivity contribution in [1.29, 1.82) is 0 Å². The van der Waals surface area contributed by atoms with Crippen LogP contribution in [0.1, 0.15) is 12.8 Å². The Labute approximate surface area is 46.5 Å². The number of hydrogen-bond acceptors (Lipinski definition) is 4. The zero-order valence-electron chi connectivity index (χ0n) is 4.28. The minimum Gasteiger partial charge on any atom is -0.390 e. The van der Waals surface area contributed by atoms with Crippen LogP contribution in [0.25, 0.3) is 0 Å². The van der Waals surface area contributed by atoms with Gasteiger partial charge in [0.25, 0.3) is 0 Å². The summed E-state index contributed by atoms with van der Waals surface area (Å²) in [5, 5.41) is 19.8. The molecule has 0 aromatic heterocycles. The molecule has 1 fully saturated rings. The maximum atomic E-state index is 8.72. The molecule has 0 spiro atoms. The third-order valence-corrected chi connectivity index (χ3v) is 1.34. The highest BCUT2D eigenvalue weighted by Crippen LogP contribution is 2.22. The summed E-state index contributed by atoms with van der Waals surface area (Å²) in [7, 11) is 0. The van der Waals surface area contributed by atoms with E-state index in [9.17, 15) is 0 Å². The van der Waals surface area contributed by atoms with Gasteiger partial charge in [0.15, 0.2) is 0 Å². The largest absolute Gasteiger partial charge is 0.390 e. The minimum absolute atomic E-state index is 0.319. The van der Waals surface area contributed by atoms with Gasteiger partial charge in [-0.05, 0) is 12.8 Å². The number of rotatable bonds is 2. The van der Waals surface area contributed by atoms with Crippen LogP contribution in [0.4, 0.5) is 0 Å². The molecule has 0 aliphatic heterocycles. The molecule has 4 nitrogen and oxygen atoms in total. The molecule has 1 rings (SSSR count). The second kappa shape index (κ2) is 2.41. The van der Waals surface area contributed by atoms with Crippen LogP contribution in [0.3, 0.4) is 0 Å². The van der Waals surface area contributed by atoms with E-state index < -0.39 is 6.10 Å². The fourth-order valence-electron chi connectivity index (χ4n) is 0.619. The fraction of sp³-hybridized carbons (Fsp3) is 1.00. The van der Waals surface area contributed by atoms with E-state index in [-0.39, 0.29) is 6.10 Å². The Kier molecular flexibility index (Phi) is 1.80. The molecule has 0 aromatic rings. The van der Waals surface area contributed by atoms with E-state index in [4.69, 9.17) is 10.4 Å². The summed E-state index contributed by atoms with van der Waals surface area (Å²) in [4.78, 5) is 4.20. The molecule has 48 valence electrons. The van der Waals surface area contributed by atoms with Crippen molar-refractivity contribution in [3.05, 3.63) is 0 Å². The van der Waals surface area contributed by atoms with Gasteiger partial charge < -0.3 is 5.11 Å². The summed E-state index contributed by atoms with van der Waals surface area (Å²) < 4.78 is 0. The zero-order chi connectivity index (χ0) is 5.98. The highest BCUT2D eigenvalue weighted by molar-refractivity contribution is 4.79. The summed E-state index contributed by atoms with van der Waals surface area (Å²) in [6, 6.07) is 0. The van der Waals surface area contributed by atoms with Crippen molar-refractivity contribution in [1.82, 2.24) is 0 Å². The predicted octanol–water partition coefficient (Wildman–Crippen LogP) is -0.0691. The Morgan fingerprint density at radius 1 is 1.38 bits per heavy atom. The Balaban J connectivity index is 2.08. The lowest BCUT2D eigenvalue weighted by Gasteiger charge is -2.28. The van der Waals surface area contributed by atoms with Gasteiger partial charge in [0.1, 0.15) is 6.10 Å². The minimum atomic E-state index is -0.456. The maximum Gasteiger partial charge on any atom is 0.122 e. The van der Waals surface area contributed by atoms with Crippen molar-refractivity contribution in [2.75, 3.05) is 0 Å². The highest BCUT2D eigenvalue weighted by Gasteiger charge is 2.30. The molecule has 2 atom stereocenters. The second-order valence-electron chi connectivity index (χ2n) is 1.85. The Morgan fingerprint density at radius 3 is 2.25 bits per heavy atom. The van der Waals surface area contributed by atoms with Crippen molar-refractivity contribution < 1.29 is 20.3 Å². The average Bonchev–Trinajstić information content (AvgIpc) is 1.79. The molecule has 1 saturated carbocycles. The molecule has 0 unspecified atom stereocenters. The molecule has 1 aliphatic carbocycles. The first-order chi connectivity index (χ1) is 3.84. The Bertz CT molecular complexity index is 74.4. The van der Waals surface area contributed by atoms with E-state index >= 15 is 0 Å². The predicted molar refractivity (Wildman–Crippen MR) is 23.8 cm³/mol. The second-order valence-corrected chi connectivity index (χ2v) is 1.85. The summed E-state index contributed by atoms with van der Waals surface area (Å²) in [5.41, 5.74) is 0. The van der Waals surface area contributed by atoms with Gasteiger partial charge >= 0.3 is 0 Å². The van der Waals surface area contributed by atoms with Crippen LogP contribution in [0.5, 0.6) is 0 Å². The molecule has 0 amide bonds. The quantitative estimate of drug-likeness (QED) is 0.395. The van der Waals surface area contributed by atoms with Crippen molar-refractivity contribution >= 4 is 0 Å². The van der Waals surface area contributed by atoms with Crippen LogP contribution >= 0.6 is 0 Å². The number of hydrogen-bond donors (Lipinski definition) is 2. The van der Waals surface area contributed by atoms with Gasteiger partial charge in [-0.25, -0.2) is 10.1 Å². The summed E-state index contributed by atoms with van der Waals surface area (Å²) >= 11 is 0. The average molecular weight is 120 g/mol. The van der Waals surface area contributed by atoms with Crippen molar-refractivity contribution in [2.24, 2.45) is 0 Å². The molecule has 0 radical (unpaired) electrons. The standard InChI is InChI=1S/C4H8O4/c5-3-1-2-4(3)7-8-6/h3-6H,1-2H2/t3-,4+/m1/s1. The van der Waals surface area contributed by atoms with Crippen molar-refractivity contribution in [2.45, 2.75) is 25.0 Å². The van der Waals surface area contributed by atoms with Gasteiger partial charge in [0.2, 0.25) is 0 Å². The van der Waals surface area contributed by atoms with Gasteiger partial charge in [-0.15, -0.1) is 0 Å². The van der Waals surface area contributed by atoms with Gasteiger partial charge in [0.05, 0.1) is 6.10 Å². The molecule has 1 aliphatic rings. The van der Waals surface area contributed by atoms with Crippen LogP contribution in [-0.4, -0.2) is 22.6 Å². The van der Waals surface area contributed by atoms with E-state index in [0.29, 0.717) is 0 Å². The van der Waals surface area contributed by atoms with E-state index in [2.05, 4.69) is 9.93 Å². The van der Waals surface area contributed by atoms with Gasteiger partial charge in [-0.3, -0.25) is 0 Å². The summed E-state index contributed by atoms with van der Waals surface area (Å²) in [5.74, 6) is 0. The summed E-state index contributed by atoms with van der Waals surface area (Å²) in [6.45, 7) is 0. The van der Waals surface area contributed by atoms with Gasteiger partial charge in [0, 0.05) is 0 Å². The maximum absolute atomic E-state index is 8.72. The molecule has 0 bridgehead atoms. The zero-order valence-corrected chi connectivity index (χ0v) is 4.28. The monoisotopic (exact) mass is 120 g/mol. The first-order valence-corrected chi connectivity index (χ1v) is 2.49. The van der Waals surface area contributed by atoms with Crippen molar-refractivity contribution in [3.63, 3.8) is 0 Å². The first kappa shape index (κ1) is 5.97. The van der Waals surface area contributed by atoms with E-state index in [1.54, 1.807) is 0 Å². The number of aliphatic hydroxyl groups excluding tert-OH is 1. The highest BCUT2D eigenvalue weighted by atomic mass is 17.5. The first-order valence-electron chi connectivity index (χ1n) is 2.49. The Morgan fingerprint density at radius 2 is 2.12 bits per heavy atom. The molecule has 0 heterocycles. The SMILES string of the molecule is OOO[C@H]1CC[C@H]1O. The van der Waals surface area contributed by atoms with Crippen molar-refractivity contribution in [3.8, 4) is 0 Å². The third-order valence-electron chi connectivity index (χ3n) is 1.34. The van der Waals surface area contributed by atoms with E-state index in [0.717, 1.165) is 12.8 Å². The lowest BCUT2D eigenvalue weighted by atomic mass is 9.93. The molecular formula is C4H8O4. The topological polar surface area (TPSA) is 58.9 Å². The van der Waals surface area contributed by atoms with E-state index in [1.807, 2.05) is 0 Å². The lowest BCUT2D eigenvalue weighted by Crippen LogP contribution is -2.38. The fourth-order valence-corrected chi connectivity index (χ4v) is 0.619. The molecule has 8 heavy (non-hydrogen) atoms. The normalized spacial score (nSPS) is 36.8. The van der Waals surface area contributed by atoms with Crippen LogP contribution in [0.2, 0.25) is 0 Å². The van der Waals surface area contributed by atoms with Crippen LogP contribution in [0, 0.1) is 0 Å². The van der Waals surface area contributed by atoms with Gasteiger partial charge in [-0.2, -0.15) is 0 Å². The van der Waals surface area contributed by atoms with E-state index in [1.165, 1.54) is 0 Å².